The average molecular weight is 347 g/mol. The molecule has 0 atom stereocenters. The van der Waals surface area contributed by atoms with Crippen molar-refractivity contribution in [2.75, 3.05) is 7.11 Å². The molecule has 0 heterocycles. The highest BCUT2D eigenvalue weighted by atomic mass is 28.4. The topological polar surface area (TPSA) is 49.7 Å². The zero-order valence-electron chi connectivity index (χ0n) is 15.8. The maximum atomic E-state index is 9.41. The second kappa shape index (κ2) is 16.9. The molecule has 0 saturated carbocycles. The van der Waals surface area contributed by atoms with Crippen molar-refractivity contribution in [3.8, 4) is 0 Å². The van der Waals surface area contributed by atoms with Gasteiger partial charge in [-0.25, -0.2) is 0 Å². The predicted molar refractivity (Wildman–Crippen MR) is 102 cm³/mol. The van der Waals surface area contributed by atoms with Gasteiger partial charge in [-0.15, -0.1) is 0 Å². The molecule has 0 aromatic carbocycles. The molecule has 0 aliphatic rings. The van der Waals surface area contributed by atoms with Gasteiger partial charge in [0.15, 0.2) is 0 Å². The van der Waals surface area contributed by atoms with Crippen molar-refractivity contribution in [3.05, 3.63) is 0 Å². The lowest BCUT2D eigenvalue weighted by Gasteiger charge is -2.13. The third-order valence-corrected chi connectivity index (χ3v) is 6.34. The molecule has 140 valence electrons. The Morgan fingerprint density at radius 1 is 0.565 bits per heavy atom. The number of unbranched alkanes of at least 4 members (excludes halogenated alkanes) is 15. The molecule has 0 bridgehead atoms. The maximum absolute atomic E-state index is 9.41. The minimum absolute atomic E-state index is 0.446. The fourth-order valence-electron chi connectivity index (χ4n) is 3.01. The van der Waals surface area contributed by atoms with Crippen molar-refractivity contribution in [2.45, 2.75) is 116 Å². The first kappa shape index (κ1) is 23.1. The summed E-state index contributed by atoms with van der Waals surface area (Å²) < 4.78 is 4.71. The molecule has 23 heavy (non-hydrogen) atoms. The molecule has 3 nitrogen and oxygen atoms in total. The Labute approximate surface area is 146 Å². The van der Waals surface area contributed by atoms with Gasteiger partial charge in [0.1, 0.15) is 0 Å². The van der Waals surface area contributed by atoms with E-state index in [1.165, 1.54) is 97.0 Å². The van der Waals surface area contributed by atoms with Crippen LogP contribution in [0.1, 0.15) is 110 Å². The third-order valence-electron chi connectivity index (χ3n) is 4.68. The smallest absolute Gasteiger partial charge is 0.390 e. The summed E-state index contributed by atoms with van der Waals surface area (Å²) in [6.45, 7) is 2.28. The Morgan fingerprint density at radius 3 is 1.17 bits per heavy atom. The van der Waals surface area contributed by atoms with E-state index in [4.69, 9.17) is 4.43 Å². The molecular formula is C19H42O3Si. The van der Waals surface area contributed by atoms with Gasteiger partial charge in [-0.1, -0.05) is 103 Å². The molecule has 0 aromatic rings. The summed E-state index contributed by atoms with van der Waals surface area (Å²) in [7, 11) is -1.90. The van der Waals surface area contributed by atoms with Gasteiger partial charge in [0.05, 0.1) is 0 Å². The van der Waals surface area contributed by atoms with Crippen molar-refractivity contribution in [2.24, 2.45) is 0 Å². The van der Waals surface area contributed by atoms with Gasteiger partial charge in [0, 0.05) is 13.2 Å². The van der Waals surface area contributed by atoms with Crippen LogP contribution >= 0.6 is 0 Å². The highest BCUT2D eigenvalue weighted by molar-refractivity contribution is 6.57. The molecule has 0 aliphatic heterocycles. The Morgan fingerprint density at radius 2 is 0.870 bits per heavy atom. The number of hydrogen-bond donors (Lipinski definition) is 2. The first-order valence-electron chi connectivity index (χ1n) is 10.1. The van der Waals surface area contributed by atoms with Crippen LogP contribution in [0, 0.1) is 0 Å². The van der Waals surface area contributed by atoms with Gasteiger partial charge in [0.2, 0.25) is 0 Å². The van der Waals surface area contributed by atoms with E-state index in [1.54, 1.807) is 0 Å². The van der Waals surface area contributed by atoms with E-state index in [-0.39, 0.29) is 0 Å². The van der Waals surface area contributed by atoms with Crippen LogP contribution in [0.2, 0.25) is 6.04 Å². The molecule has 0 aromatic heterocycles. The highest BCUT2D eigenvalue weighted by Gasteiger charge is 2.29. The lowest BCUT2D eigenvalue weighted by atomic mass is 10.0. The van der Waals surface area contributed by atoms with Crippen molar-refractivity contribution < 1.29 is 14.0 Å². The summed E-state index contributed by atoms with van der Waals surface area (Å²) in [5.74, 6) is 0. The zero-order valence-corrected chi connectivity index (χ0v) is 16.8. The average Bonchev–Trinajstić information content (AvgIpc) is 2.54. The van der Waals surface area contributed by atoms with Crippen LogP contribution in [0.25, 0.3) is 0 Å². The van der Waals surface area contributed by atoms with Crippen LogP contribution in [0.15, 0.2) is 0 Å². The number of hydrogen-bond acceptors (Lipinski definition) is 3. The molecule has 4 heteroatoms. The Hall–Kier alpha value is 0.0969. The Balaban J connectivity index is 3.05. The van der Waals surface area contributed by atoms with E-state index in [0.717, 1.165) is 12.8 Å². The second-order valence-electron chi connectivity index (χ2n) is 7.00. The van der Waals surface area contributed by atoms with Crippen LogP contribution in [-0.2, 0) is 4.43 Å². The van der Waals surface area contributed by atoms with Gasteiger partial charge in [-0.05, 0) is 6.42 Å². The molecule has 0 fully saturated rings. The monoisotopic (exact) mass is 346 g/mol. The van der Waals surface area contributed by atoms with Gasteiger partial charge in [0.25, 0.3) is 0 Å². The van der Waals surface area contributed by atoms with E-state index in [1.807, 2.05) is 0 Å². The van der Waals surface area contributed by atoms with E-state index < -0.39 is 8.80 Å². The minimum atomic E-state index is -3.28. The van der Waals surface area contributed by atoms with Crippen LogP contribution in [-0.4, -0.2) is 25.5 Å². The molecular weight excluding hydrogens is 304 g/mol. The van der Waals surface area contributed by atoms with Crippen LogP contribution in [0.5, 0.6) is 0 Å². The van der Waals surface area contributed by atoms with Gasteiger partial charge in [-0.2, -0.15) is 0 Å². The summed E-state index contributed by atoms with van der Waals surface area (Å²) in [5.41, 5.74) is 0. The Kier molecular flexibility index (Phi) is 17.0. The number of rotatable bonds is 18. The predicted octanol–water partition coefficient (Wildman–Crippen LogP) is 5.82. The molecule has 0 amide bonds. The summed E-state index contributed by atoms with van der Waals surface area (Å²) in [4.78, 5) is 18.8. The Bertz CT molecular complexity index is 235. The van der Waals surface area contributed by atoms with E-state index in [9.17, 15) is 9.59 Å². The van der Waals surface area contributed by atoms with Crippen molar-refractivity contribution in [1.29, 1.82) is 0 Å². The molecule has 0 rings (SSSR count). The lowest BCUT2D eigenvalue weighted by molar-refractivity contribution is 0.183. The zero-order chi connectivity index (χ0) is 17.2. The lowest BCUT2D eigenvalue weighted by Crippen LogP contribution is -2.37. The molecule has 0 saturated heterocycles. The fourth-order valence-corrected chi connectivity index (χ4v) is 3.92. The molecule has 2 N–H and O–H groups in total. The molecule has 0 unspecified atom stereocenters. The molecule has 0 spiro atoms. The SMILES string of the molecule is CCCCCCCCCCCCCCCCCC[Si](O)(O)OC. The van der Waals surface area contributed by atoms with Crippen molar-refractivity contribution in [3.63, 3.8) is 0 Å². The standard InChI is InChI=1S/C19H42O3Si/c1-3-4-5-6-7-8-9-10-11-12-13-14-15-16-17-18-19-23(20,21)22-2/h20-21H,3-19H2,1-2H3. The third kappa shape index (κ3) is 18.3. The first-order valence-corrected chi connectivity index (χ1v) is 12.1. The molecule has 0 aliphatic carbocycles. The summed E-state index contributed by atoms with van der Waals surface area (Å²) in [6, 6.07) is 0.446. The van der Waals surface area contributed by atoms with E-state index >= 15 is 0 Å². The van der Waals surface area contributed by atoms with E-state index in [0.29, 0.717) is 6.04 Å². The quantitative estimate of drug-likeness (QED) is 0.243. The first-order chi connectivity index (χ1) is 11.1. The van der Waals surface area contributed by atoms with E-state index in [2.05, 4.69) is 6.92 Å². The highest BCUT2D eigenvalue weighted by Crippen LogP contribution is 2.15. The van der Waals surface area contributed by atoms with Gasteiger partial charge in [-0.3, -0.25) is 0 Å². The van der Waals surface area contributed by atoms with Gasteiger partial charge >= 0.3 is 8.80 Å². The normalized spacial score (nSPS) is 12.0. The van der Waals surface area contributed by atoms with Crippen molar-refractivity contribution in [1.82, 2.24) is 0 Å². The van der Waals surface area contributed by atoms with Crippen LogP contribution in [0.3, 0.4) is 0 Å². The summed E-state index contributed by atoms with van der Waals surface area (Å²) >= 11 is 0. The minimum Gasteiger partial charge on any atom is -0.390 e. The maximum Gasteiger partial charge on any atom is 0.495 e. The van der Waals surface area contributed by atoms with Crippen LogP contribution < -0.4 is 0 Å². The summed E-state index contributed by atoms with van der Waals surface area (Å²) in [6.07, 6.45) is 21.3. The summed E-state index contributed by atoms with van der Waals surface area (Å²) in [5, 5.41) is 0. The van der Waals surface area contributed by atoms with Crippen LogP contribution in [0.4, 0.5) is 0 Å². The molecule has 0 radical (unpaired) electrons. The fraction of sp³-hybridized carbons (Fsp3) is 1.00. The largest absolute Gasteiger partial charge is 0.495 e. The second-order valence-corrected chi connectivity index (χ2v) is 9.40. The van der Waals surface area contributed by atoms with Gasteiger partial charge < -0.3 is 14.0 Å². The van der Waals surface area contributed by atoms with Crippen molar-refractivity contribution >= 4 is 8.80 Å².